The number of aromatic nitrogens is 2. The molecular weight excluding hydrogens is 330 g/mol. The Bertz CT molecular complexity index is 809. The Kier molecular flexibility index (Phi) is 3.95. The first kappa shape index (κ1) is 14.8. The molecule has 0 bridgehead atoms. The third-order valence-corrected chi connectivity index (χ3v) is 5.18. The standard InChI is InChI=1S/C15H13Cl2FN2S/c1-8-3-4-14(21-8)9(2)20-13-5-10(17)11(18)6-12(13)19-15(20)7-16/h3-6,9H,7H2,1-2H3. The van der Waals surface area contributed by atoms with Gasteiger partial charge in [0.1, 0.15) is 11.6 Å². The molecule has 2 heterocycles. The van der Waals surface area contributed by atoms with Crippen LogP contribution in [0.4, 0.5) is 4.39 Å². The number of nitrogens with zero attached hydrogens (tertiary/aromatic N) is 2. The largest absolute Gasteiger partial charge is 0.319 e. The first-order valence-corrected chi connectivity index (χ1v) is 8.22. The summed E-state index contributed by atoms with van der Waals surface area (Å²) in [6, 6.07) is 7.23. The van der Waals surface area contributed by atoms with Gasteiger partial charge >= 0.3 is 0 Å². The van der Waals surface area contributed by atoms with E-state index in [2.05, 4.69) is 31.0 Å². The number of alkyl halides is 1. The van der Waals surface area contributed by atoms with Gasteiger partial charge in [0.25, 0.3) is 0 Å². The van der Waals surface area contributed by atoms with Crippen molar-refractivity contribution in [3.63, 3.8) is 0 Å². The molecule has 0 aliphatic rings. The van der Waals surface area contributed by atoms with Crippen LogP contribution in [0.5, 0.6) is 0 Å². The van der Waals surface area contributed by atoms with Crippen LogP contribution in [0.1, 0.15) is 28.5 Å². The minimum Gasteiger partial charge on any atom is -0.319 e. The lowest BCUT2D eigenvalue weighted by Gasteiger charge is -2.15. The molecule has 1 atom stereocenters. The number of thiophene rings is 1. The Balaban J connectivity index is 2.22. The summed E-state index contributed by atoms with van der Waals surface area (Å²) in [5.41, 5.74) is 1.38. The topological polar surface area (TPSA) is 17.8 Å². The normalized spacial score (nSPS) is 13.0. The first-order chi connectivity index (χ1) is 10.0. The molecule has 0 aliphatic carbocycles. The average Bonchev–Trinajstić information content (AvgIpc) is 3.02. The zero-order valence-electron chi connectivity index (χ0n) is 11.5. The summed E-state index contributed by atoms with van der Waals surface area (Å²) in [7, 11) is 0. The molecule has 6 heteroatoms. The molecule has 0 spiro atoms. The van der Waals surface area contributed by atoms with Crippen LogP contribution >= 0.6 is 34.5 Å². The zero-order chi connectivity index (χ0) is 15.1. The highest BCUT2D eigenvalue weighted by Gasteiger charge is 2.19. The lowest BCUT2D eigenvalue weighted by Crippen LogP contribution is -2.08. The minimum atomic E-state index is -0.463. The number of hydrogen-bond acceptors (Lipinski definition) is 2. The quantitative estimate of drug-likeness (QED) is 0.571. The van der Waals surface area contributed by atoms with Crippen molar-refractivity contribution in [2.45, 2.75) is 25.8 Å². The maximum Gasteiger partial charge on any atom is 0.144 e. The van der Waals surface area contributed by atoms with E-state index in [4.69, 9.17) is 23.2 Å². The highest BCUT2D eigenvalue weighted by Crippen LogP contribution is 2.32. The van der Waals surface area contributed by atoms with Crippen LogP contribution in [0.2, 0.25) is 5.02 Å². The van der Waals surface area contributed by atoms with Crippen molar-refractivity contribution in [3.8, 4) is 0 Å². The van der Waals surface area contributed by atoms with Crippen LogP contribution in [0.25, 0.3) is 11.0 Å². The second kappa shape index (κ2) is 5.59. The van der Waals surface area contributed by atoms with Gasteiger partial charge in [-0.05, 0) is 32.0 Å². The Morgan fingerprint density at radius 2 is 2.14 bits per heavy atom. The molecule has 2 aromatic heterocycles. The smallest absolute Gasteiger partial charge is 0.144 e. The van der Waals surface area contributed by atoms with Crippen molar-refractivity contribution < 1.29 is 4.39 Å². The summed E-state index contributed by atoms with van der Waals surface area (Å²) in [4.78, 5) is 6.88. The van der Waals surface area contributed by atoms with Gasteiger partial charge in [-0.15, -0.1) is 22.9 Å². The van der Waals surface area contributed by atoms with Gasteiger partial charge in [-0.2, -0.15) is 0 Å². The Morgan fingerprint density at radius 1 is 1.38 bits per heavy atom. The third-order valence-electron chi connectivity index (χ3n) is 3.48. The predicted octanol–water partition coefficient (Wildman–Crippen LogP) is 5.55. The molecule has 3 aromatic rings. The maximum atomic E-state index is 13.6. The molecule has 1 unspecified atom stereocenters. The molecule has 0 N–H and O–H groups in total. The lowest BCUT2D eigenvalue weighted by molar-refractivity contribution is 0.628. The monoisotopic (exact) mass is 342 g/mol. The summed E-state index contributed by atoms with van der Waals surface area (Å²) in [6.45, 7) is 4.15. The van der Waals surface area contributed by atoms with E-state index in [9.17, 15) is 4.39 Å². The molecule has 0 radical (unpaired) electrons. The fraction of sp³-hybridized carbons (Fsp3) is 0.267. The molecule has 21 heavy (non-hydrogen) atoms. The van der Waals surface area contributed by atoms with Crippen LogP contribution in [-0.4, -0.2) is 9.55 Å². The molecule has 0 fully saturated rings. The number of aryl methyl sites for hydroxylation is 1. The molecule has 1 aromatic carbocycles. The SMILES string of the molecule is Cc1ccc(C(C)n2c(CCl)nc3cc(F)c(Cl)cc32)s1. The van der Waals surface area contributed by atoms with Gasteiger partial charge in [0.05, 0.1) is 28.0 Å². The fourth-order valence-electron chi connectivity index (χ4n) is 2.47. The third kappa shape index (κ3) is 2.56. The van der Waals surface area contributed by atoms with Crippen LogP contribution < -0.4 is 0 Å². The van der Waals surface area contributed by atoms with E-state index in [0.29, 0.717) is 11.3 Å². The second-order valence-corrected chi connectivity index (χ2v) is 6.91. The number of hydrogen-bond donors (Lipinski definition) is 0. The predicted molar refractivity (Wildman–Crippen MR) is 87.1 cm³/mol. The number of rotatable bonds is 3. The summed E-state index contributed by atoms with van der Waals surface area (Å²) in [5, 5.41) is 0.0966. The molecule has 110 valence electrons. The molecule has 0 saturated carbocycles. The average molecular weight is 343 g/mol. The van der Waals surface area contributed by atoms with E-state index in [-0.39, 0.29) is 16.9 Å². The molecule has 0 aliphatic heterocycles. The van der Waals surface area contributed by atoms with Gasteiger partial charge in [-0.1, -0.05) is 11.6 Å². The number of benzene rings is 1. The first-order valence-electron chi connectivity index (χ1n) is 6.49. The summed E-state index contributed by atoms with van der Waals surface area (Å²) >= 11 is 13.7. The van der Waals surface area contributed by atoms with Crippen molar-refractivity contribution in [2.24, 2.45) is 0 Å². The molecule has 3 rings (SSSR count). The highest BCUT2D eigenvalue weighted by atomic mass is 35.5. The second-order valence-electron chi connectivity index (χ2n) is 4.91. The summed E-state index contributed by atoms with van der Waals surface area (Å²) in [5.74, 6) is 0.518. The molecule has 0 saturated heterocycles. The van der Waals surface area contributed by atoms with E-state index in [1.807, 2.05) is 4.57 Å². The summed E-state index contributed by atoms with van der Waals surface area (Å²) in [6.07, 6.45) is 0. The van der Waals surface area contributed by atoms with Gasteiger partial charge in [-0.25, -0.2) is 9.37 Å². The van der Waals surface area contributed by atoms with Crippen LogP contribution in [0, 0.1) is 12.7 Å². The Morgan fingerprint density at radius 3 is 2.76 bits per heavy atom. The van der Waals surface area contributed by atoms with Gasteiger partial charge in [0.15, 0.2) is 0 Å². The summed E-state index contributed by atoms with van der Waals surface area (Å²) < 4.78 is 15.6. The maximum absolute atomic E-state index is 13.6. The van der Waals surface area contributed by atoms with Gasteiger partial charge in [0, 0.05) is 15.8 Å². The van der Waals surface area contributed by atoms with E-state index < -0.39 is 5.82 Å². The van der Waals surface area contributed by atoms with Gasteiger partial charge in [-0.3, -0.25) is 0 Å². The molecular formula is C15H13Cl2FN2S. The van der Waals surface area contributed by atoms with E-state index in [1.54, 1.807) is 17.4 Å². The van der Waals surface area contributed by atoms with Crippen molar-refractivity contribution in [3.05, 3.63) is 50.7 Å². The van der Waals surface area contributed by atoms with E-state index in [0.717, 1.165) is 5.52 Å². The van der Waals surface area contributed by atoms with Crippen LogP contribution in [0.15, 0.2) is 24.3 Å². The number of halogens is 3. The van der Waals surface area contributed by atoms with Gasteiger partial charge < -0.3 is 4.57 Å². The van der Waals surface area contributed by atoms with Crippen molar-refractivity contribution in [1.29, 1.82) is 0 Å². The zero-order valence-corrected chi connectivity index (χ0v) is 13.9. The number of imidazole rings is 1. The van der Waals surface area contributed by atoms with Crippen molar-refractivity contribution in [2.75, 3.05) is 0 Å². The lowest BCUT2D eigenvalue weighted by atomic mass is 10.2. The van der Waals surface area contributed by atoms with Crippen LogP contribution in [-0.2, 0) is 5.88 Å². The fourth-order valence-corrected chi connectivity index (χ4v) is 3.74. The van der Waals surface area contributed by atoms with E-state index in [1.165, 1.54) is 15.8 Å². The Labute approximate surface area is 136 Å². The van der Waals surface area contributed by atoms with Gasteiger partial charge in [0.2, 0.25) is 0 Å². The molecule has 0 amide bonds. The minimum absolute atomic E-state index is 0.0731. The highest BCUT2D eigenvalue weighted by molar-refractivity contribution is 7.12. The van der Waals surface area contributed by atoms with Crippen molar-refractivity contribution >= 4 is 45.6 Å². The van der Waals surface area contributed by atoms with E-state index >= 15 is 0 Å². The number of fused-ring (bicyclic) bond motifs is 1. The Hall–Kier alpha value is -1.10. The molecule has 2 nitrogen and oxygen atoms in total. The van der Waals surface area contributed by atoms with Crippen molar-refractivity contribution in [1.82, 2.24) is 9.55 Å². The van der Waals surface area contributed by atoms with Crippen LogP contribution in [0.3, 0.4) is 0 Å².